The van der Waals surface area contributed by atoms with Gasteiger partial charge in [-0.15, -0.1) is 0 Å². The summed E-state index contributed by atoms with van der Waals surface area (Å²) in [4.78, 5) is 28.3. The lowest BCUT2D eigenvalue weighted by molar-refractivity contribution is -0.385. The van der Waals surface area contributed by atoms with Gasteiger partial charge in [0, 0.05) is 51.3 Å². The van der Waals surface area contributed by atoms with Gasteiger partial charge >= 0.3 is 6.18 Å². The standard InChI is InChI=1S/C24H28F3N7O3/c1-15(16-10-17(24(25,26)27)12-18(11-16)34(35)36)29-22-19-13-21(33-6-4-5-7-33)28-14-20(19)30-23(31-22)32(2)8-9-37-3/h10-15H,4-9H2,1-3H3,(H,29,30,31). The zero-order valence-corrected chi connectivity index (χ0v) is 20.7. The second kappa shape index (κ2) is 10.7. The third kappa shape index (κ3) is 5.98. The number of nitrogens with one attached hydrogen (secondary N) is 1. The monoisotopic (exact) mass is 519 g/mol. The van der Waals surface area contributed by atoms with Gasteiger partial charge in [0.05, 0.1) is 34.8 Å². The molecule has 13 heteroatoms. The van der Waals surface area contributed by atoms with Crippen LogP contribution in [0.2, 0.25) is 0 Å². The number of hydrogen-bond acceptors (Lipinski definition) is 9. The van der Waals surface area contributed by atoms with E-state index in [9.17, 15) is 23.3 Å². The lowest BCUT2D eigenvalue weighted by Gasteiger charge is -2.22. The molecule has 0 spiro atoms. The third-order valence-electron chi connectivity index (χ3n) is 6.29. The molecule has 1 fully saturated rings. The van der Waals surface area contributed by atoms with E-state index in [-0.39, 0.29) is 5.56 Å². The third-order valence-corrected chi connectivity index (χ3v) is 6.29. The summed E-state index contributed by atoms with van der Waals surface area (Å²) in [5.74, 6) is 1.53. The molecule has 0 bridgehead atoms. The van der Waals surface area contributed by atoms with Crippen LogP contribution in [-0.2, 0) is 10.9 Å². The normalized spacial score (nSPS) is 14.7. The minimum Gasteiger partial charge on any atom is -0.383 e. The number of anilines is 3. The van der Waals surface area contributed by atoms with Crippen molar-refractivity contribution in [3.63, 3.8) is 0 Å². The number of hydrogen-bond donors (Lipinski definition) is 1. The molecule has 1 saturated heterocycles. The van der Waals surface area contributed by atoms with Crippen LogP contribution in [0.15, 0.2) is 30.5 Å². The van der Waals surface area contributed by atoms with E-state index in [4.69, 9.17) is 4.74 Å². The number of aromatic nitrogens is 3. The summed E-state index contributed by atoms with van der Waals surface area (Å²) in [5.41, 5.74) is -1.05. The van der Waals surface area contributed by atoms with Crippen LogP contribution in [0.3, 0.4) is 0 Å². The molecule has 4 rings (SSSR count). The van der Waals surface area contributed by atoms with Crippen molar-refractivity contribution >= 4 is 34.2 Å². The van der Waals surface area contributed by atoms with Crippen LogP contribution < -0.4 is 15.1 Å². The Balaban J connectivity index is 1.77. The molecule has 2 aromatic heterocycles. The summed E-state index contributed by atoms with van der Waals surface area (Å²) in [5, 5.41) is 15.1. The molecule has 1 aliphatic rings. The van der Waals surface area contributed by atoms with Gasteiger partial charge in [-0.25, -0.2) is 9.97 Å². The van der Waals surface area contributed by atoms with E-state index in [2.05, 4.69) is 25.2 Å². The van der Waals surface area contributed by atoms with Gasteiger partial charge in [0.1, 0.15) is 11.6 Å². The zero-order valence-electron chi connectivity index (χ0n) is 20.7. The van der Waals surface area contributed by atoms with Gasteiger partial charge in [-0.3, -0.25) is 10.1 Å². The number of nitro benzene ring substituents is 1. The number of fused-ring (bicyclic) bond motifs is 1. The number of benzene rings is 1. The van der Waals surface area contributed by atoms with E-state index in [0.29, 0.717) is 41.9 Å². The Hall–Kier alpha value is -3.74. The van der Waals surface area contributed by atoms with Gasteiger partial charge < -0.3 is 19.9 Å². The predicted octanol–water partition coefficient (Wildman–Crippen LogP) is 4.81. The van der Waals surface area contributed by atoms with Crippen molar-refractivity contribution < 1.29 is 22.8 Å². The average Bonchev–Trinajstić information content (AvgIpc) is 3.41. The molecule has 0 saturated carbocycles. The summed E-state index contributed by atoms with van der Waals surface area (Å²) in [6, 6.07) is 3.71. The average molecular weight is 520 g/mol. The summed E-state index contributed by atoms with van der Waals surface area (Å²) < 4.78 is 45.5. The zero-order chi connectivity index (χ0) is 26.7. The molecular weight excluding hydrogens is 491 g/mol. The number of alkyl halides is 3. The molecule has 1 unspecified atom stereocenters. The first kappa shape index (κ1) is 26.3. The van der Waals surface area contributed by atoms with E-state index < -0.39 is 28.4 Å². The Morgan fingerprint density at radius 2 is 1.95 bits per heavy atom. The van der Waals surface area contributed by atoms with Gasteiger partial charge in [0.15, 0.2) is 0 Å². The summed E-state index contributed by atoms with van der Waals surface area (Å²) in [7, 11) is 3.39. The number of methoxy groups -OCH3 is 1. The quantitative estimate of drug-likeness (QED) is 0.315. The molecule has 3 heterocycles. The molecule has 1 atom stereocenters. The number of rotatable bonds is 9. The highest BCUT2D eigenvalue weighted by Crippen LogP contribution is 2.35. The first-order chi connectivity index (χ1) is 17.6. The highest BCUT2D eigenvalue weighted by atomic mass is 19.4. The van der Waals surface area contributed by atoms with Gasteiger partial charge in [0.2, 0.25) is 5.95 Å². The van der Waals surface area contributed by atoms with Crippen LogP contribution in [0.4, 0.5) is 36.4 Å². The van der Waals surface area contributed by atoms with Crippen molar-refractivity contribution in [3.8, 4) is 0 Å². The lowest BCUT2D eigenvalue weighted by Crippen LogP contribution is -2.25. The Bertz CT molecular complexity index is 1280. The molecule has 0 amide bonds. The van der Waals surface area contributed by atoms with Crippen molar-refractivity contribution in [2.75, 3.05) is 55.5 Å². The van der Waals surface area contributed by atoms with E-state index in [1.165, 1.54) is 0 Å². The fourth-order valence-corrected chi connectivity index (χ4v) is 4.18. The molecule has 10 nitrogen and oxygen atoms in total. The second-order valence-corrected chi connectivity index (χ2v) is 8.97. The smallest absolute Gasteiger partial charge is 0.383 e. The number of nitrogens with zero attached hydrogens (tertiary/aromatic N) is 6. The molecule has 1 aliphatic heterocycles. The number of likely N-dealkylation sites (N-methyl/N-ethyl adjacent to an activating group) is 1. The fourth-order valence-electron chi connectivity index (χ4n) is 4.18. The van der Waals surface area contributed by atoms with Crippen LogP contribution in [0.25, 0.3) is 10.9 Å². The maximum atomic E-state index is 13.5. The summed E-state index contributed by atoms with van der Waals surface area (Å²) in [6.07, 6.45) is -0.940. The highest BCUT2D eigenvalue weighted by molar-refractivity contribution is 5.91. The van der Waals surface area contributed by atoms with E-state index in [1.807, 2.05) is 6.07 Å². The van der Waals surface area contributed by atoms with Crippen molar-refractivity contribution in [2.24, 2.45) is 0 Å². The summed E-state index contributed by atoms with van der Waals surface area (Å²) in [6.45, 7) is 4.34. The Morgan fingerprint density at radius 3 is 2.59 bits per heavy atom. The lowest BCUT2D eigenvalue weighted by atomic mass is 10.0. The van der Waals surface area contributed by atoms with Crippen LogP contribution in [-0.4, -0.2) is 60.3 Å². The molecule has 0 aliphatic carbocycles. The Morgan fingerprint density at radius 1 is 1.22 bits per heavy atom. The van der Waals surface area contributed by atoms with E-state index >= 15 is 0 Å². The maximum Gasteiger partial charge on any atom is 0.416 e. The molecular formula is C24H28F3N7O3. The first-order valence-electron chi connectivity index (χ1n) is 11.8. The SMILES string of the molecule is COCCN(C)c1nc(NC(C)c2cc([N+](=O)[O-])cc(C(F)(F)F)c2)c2cc(N3CCCC3)ncc2n1. The number of halogens is 3. The number of non-ortho nitro benzene ring substituents is 1. The highest BCUT2D eigenvalue weighted by Gasteiger charge is 2.33. The minimum absolute atomic E-state index is 0.108. The number of ether oxygens (including phenoxy) is 1. The number of pyridine rings is 1. The molecule has 0 radical (unpaired) electrons. The van der Waals surface area contributed by atoms with Gasteiger partial charge in [-0.2, -0.15) is 18.2 Å². The largest absolute Gasteiger partial charge is 0.416 e. The van der Waals surface area contributed by atoms with Crippen molar-refractivity contribution in [1.29, 1.82) is 0 Å². The van der Waals surface area contributed by atoms with E-state index in [1.54, 1.807) is 32.2 Å². The molecule has 37 heavy (non-hydrogen) atoms. The van der Waals surface area contributed by atoms with Crippen LogP contribution >= 0.6 is 0 Å². The van der Waals surface area contributed by atoms with Crippen LogP contribution in [0, 0.1) is 10.1 Å². The van der Waals surface area contributed by atoms with Gasteiger partial charge in [-0.1, -0.05) is 0 Å². The molecule has 1 N–H and O–H groups in total. The molecule has 1 aromatic carbocycles. The van der Waals surface area contributed by atoms with Crippen molar-refractivity contribution in [1.82, 2.24) is 15.0 Å². The van der Waals surface area contributed by atoms with Gasteiger partial charge in [0.25, 0.3) is 5.69 Å². The van der Waals surface area contributed by atoms with Crippen LogP contribution in [0.1, 0.15) is 36.9 Å². The number of nitro groups is 1. The maximum absolute atomic E-state index is 13.5. The molecule has 3 aromatic rings. The fraction of sp³-hybridized carbons (Fsp3) is 0.458. The Kier molecular flexibility index (Phi) is 7.62. The first-order valence-corrected chi connectivity index (χ1v) is 11.8. The van der Waals surface area contributed by atoms with E-state index in [0.717, 1.165) is 43.9 Å². The topological polar surface area (TPSA) is 110 Å². The van der Waals surface area contributed by atoms with Crippen molar-refractivity contribution in [3.05, 3.63) is 51.7 Å². The van der Waals surface area contributed by atoms with Gasteiger partial charge in [-0.05, 0) is 37.5 Å². The minimum atomic E-state index is -4.73. The van der Waals surface area contributed by atoms with Crippen molar-refractivity contribution in [2.45, 2.75) is 32.0 Å². The van der Waals surface area contributed by atoms with Crippen LogP contribution in [0.5, 0.6) is 0 Å². The second-order valence-electron chi connectivity index (χ2n) is 8.97. The molecule has 198 valence electrons. The Labute approximate surface area is 211 Å². The summed E-state index contributed by atoms with van der Waals surface area (Å²) >= 11 is 0. The predicted molar refractivity (Wildman–Crippen MR) is 134 cm³/mol.